The van der Waals surface area contributed by atoms with Crippen molar-refractivity contribution < 1.29 is 14.2 Å². The first-order valence-electron chi connectivity index (χ1n) is 7.59. The van der Waals surface area contributed by atoms with Crippen molar-refractivity contribution in [1.29, 1.82) is 0 Å². The molecule has 0 N–H and O–H groups in total. The number of epoxide rings is 1. The fourth-order valence-electron chi connectivity index (χ4n) is 2.50. The van der Waals surface area contributed by atoms with Gasteiger partial charge in [-0.1, -0.05) is 38.1 Å². The predicted molar refractivity (Wildman–Crippen MR) is 86.8 cm³/mol. The molecular formula is C19H22O3. The van der Waals surface area contributed by atoms with Gasteiger partial charge in [0, 0.05) is 5.41 Å². The van der Waals surface area contributed by atoms with Crippen molar-refractivity contribution in [1.82, 2.24) is 0 Å². The van der Waals surface area contributed by atoms with Crippen LogP contribution < -0.4 is 9.47 Å². The molecule has 0 amide bonds. The van der Waals surface area contributed by atoms with E-state index in [4.69, 9.17) is 14.2 Å². The second-order valence-corrected chi connectivity index (χ2v) is 6.15. The number of ether oxygens (including phenoxy) is 3. The van der Waals surface area contributed by atoms with Gasteiger partial charge in [0.05, 0.1) is 13.7 Å². The molecule has 1 atom stereocenters. The molecule has 116 valence electrons. The summed E-state index contributed by atoms with van der Waals surface area (Å²) >= 11 is 0. The Morgan fingerprint density at radius 2 is 1.77 bits per heavy atom. The standard InChI is InChI=1S/C19H22O3/c1-19(2,15-5-4-6-17(11-15)20-3)14-7-9-16(10-8-14)21-12-18-13-22-18/h4-11,18H,12-13H2,1-3H3. The first kappa shape index (κ1) is 14.9. The average molecular weight is 298 g/mol. The van der Waals surface area contributed by atoms with Gasteiger partial charge in [-0.2, -0.15) is 0 Å². The number of hydrogen-bond acceptors (Lipinski definition) is 3. The van der Waals surface area contributed by atoms with Gasteiger partial charge < -0.3 is 14.2 Å². The van der Waals surface area contributed by atoms with Crippen LogP contribution in [0.3, 0.4) is 0 Å². The van der Waals surface area contributed by atoms with Crippen LogP contribution in [0.15, 0.2) is 48.5 Å². The van der Waals surface area contributed by atoms with Crippen LogP contribution in [0.4, 0.5) is 0 Å². The van der Waals surface area contributed by atoms with Crippen LogP contribution in [-0.4, -0.2) is 26.4 Å². The van der Waals surface area contributed by atoms with Crippen LogP contribution >= 0.6 is 0 Å². The Hall–Kier alpha value is -2.00. The second-order valence-electron chi connectivity index (χ2n) is 6.15. The molecule has 1 aliphatic rings. The summed E-state index contributed by atoms with van der Waals surface area (Å²) in [4.78, 5) is 0. The van der Waals surface area contributed by atoms with Crippen LogP contribution in [-0.2, 0) is 10.2 Å². The lowest BCUT2D eigenvalue weighted by atomic mass is 9.78. The third kappa shape index (κ3) is 3.25. The van der Waals surface area contributed by atoms with Crippen LogP contribution in [0.5, 0.6) is 11.5 Å². The minimum absolute atomic E-state index is 0.0906. The van der Waals surface area contributed by atoms with Gasteiger partial charge in [-0.3, -0.25) is 0 Å². The molecule has 0 saturated carbocycles. The van der Waals surface area contributed by atoms with Crippen molar-refractivity contribution >= 4 is 0 Å². The van der Waals surface area contributed by atoms with E-state index in [1.165, 1.54) is 11.1 Å². The van der Waals surface area contributed by atoms with Crippen molar-refractivity contribution in [3.8, 4) is 11.5 Å². The minimum atomic E-state index is -0.0906. The van der Waals surface area contributed by atoms with Crippen molar-refractivity contribution in [2.75, 3.05) is 20.3 Å². The Morgan fingerprint density at radius 1 is 1.05 bits per heavy atom. The first-order chi connectivity index (χ1) is 10.6. The van der Waals surface area contributed by atoms with Gasteiger partial charge in [0.1, 0.15) is 24.2 Å². The molecule has 3 rings (SSSR count). The van der Waals surface area contributed by atoms with E-state index in [2.05, 4.69) is 38.1 Å². The quantitative estimate of drug-likeness (QED) is 0.760. The highest BCUT2D eigenvalue weighted by Gasteiger charge is 2.25. The summed E-state index contributed by atoms with van der Waals surface area (Å²) < 4.78 is 16.2. The topological polar surface area (TPSA) is 31.0 Å². The molecule has 1 saturated heterocycles. The van der Waals surface area contributed by atoms with E-state index < -0.39 is 0 Å². The summed E-state index contributed by atoms with van der Waals surface area (Å²) in [5.41, 5.74) is 2.38. The molecule has 0 aliphatic carbocycles. The number of rotatable bonds is 6. The SMILES string of the molecule is COc1cccc(C(C)(C)c2ccc(OCC3CO3)cc2)c1. The normalized spacial score (nSPS) is 17.1. The number of methoxy groups -OCH3 is 1. The van der Waals surface area contributed by atoms with Crippen molar-refractivity contribution in [2.45, 2.75) is 25.4 Å². The Bertz CT molecular complexity index is 627. The summed E-state index contributed by atoms with van der Waals surface area (Å²) in [5.74, 6) is 1.77. The number of benzene rings is 2. The van der Waals surface area contributed by atoms with Gasteiger partial charge in [-0.05, 0) is 35.4 Å². The van der Waals surface area contributed by atoms with E-state index in [0.29, 0.717) is 6.61 Å². The fourth-order valence-corrected chi connectivity index (χ4v) is 2.50. The highest BCUT2D eigenvalue weighted by atomic mass is 16.6. The van der Waals surface area contributed by atoms with E-state index in [1.54, 1.807) is 7.11 Å². The summed E-state index contributed by atoms with van der Waals surface area (Å²) in [7, 11) is 1.70. The van der Waals surface area contributed by atoms with Crippen LogP contribution in [0.1, 0.15) is 25.0 Å². The number of hydrogen-bond donors (Lipinski definition) is 0. The molecule has 3 heteroatoms. The molecule has 0 aromatic heterocycles. The van der Waals surface area contributed by atoms with Crippen LogP contribution in [0, 0.1) is 0 Å². The molecule has 0 radical (unpaired) electrons. The van der Waals surface area contributed by atoms with Gasteiger partial charge in [0.25, 0.3) is 0 Å². The smallest absolute Gasteiger partial charge is 0.119 e. The van der Waals surface area contributed by atoms with Gasteiger partial charge in [-0.25, -0.2) is 0 Å². The Kier molecular flexibility index (Phi) is 4.08. The lowest BCUT2D eigenvalue weighted by molar-refractivity contribution is 0.263. The predicted octanol–water partition coefficient (Wildman–Crippen LogP) is 3.80. The molecule has 1 unspecified atom stereocenters. The summed E-state index contributed by atoms with van der Waals surface area (Å²) in [6.45, 7) is 5.89. The molecule has 3 nitrogen and oxygen atoms in total. The fraction of sp³-hybridized carbons (Fsp3) is 0.368. The summed E-state index contributed by atoms with van der Waals surface area (Å²) in [5, 5.41) is 0. The summed E-state index contributed by atoms with van der Waals surface area (Å²) in [6, 6.07) is 16.5. The first-order valence-corrected chi connectivity index (χ1v) is 7.59. The van der Waals surface area contributed by atoms with Crippen LogP contribution in [0.25, 0.3) is 0 Å². The van der Waals surface area contributed by atoms with E-state index >= 15 is 0 Å². The van der Waals surface area contributed by atoms with Gasteiger partial charge >= 0.3 is 0 Å². The lowest BCUT2D eigenvalue weighted by Crippen LogP contribution is -2.18. The maximum atomic E-state index is 5.69. The Morgan fingerprint density at radius 3 is 2.41 bits per heavy atom. The molecule has 0 bridgehead atoms. The van der Waals surface area contributed by atoms with E-state index in [1.807, 2.05) is 24.3 Å². The largest absolute Gasteiger partial charge is 0.497 e. The van der Waals surface area contributed by atoms with Crippen molar-refractivity contribution in [2.24, 2.45) is 0 Å². The minimum Gasteiger partial charge on any atom is -0.497 e. The Labute approximate surface area is 131 Å². The van der Waals surface area contributed by atoms with Crippen molar-refractivity contribution in [3.63, 3.8) is 0 Å². The summed E-state index contributed by atoms with van der Waals surface area (Å²) in [6.07, 6.45) is 0.285. The monoisotopic (exact) mass is 298 g/mol. The van der Waals surface area contributed by atoms with E-state index in [9.17, 15) is 0 Å². The van der Waals surface area contributed by atoms with Gasteiger partial charge in [-0.15, -0.1) is 0 Å². The molecule has 2 aromatic rings. The van der Waals surface area contributed by atoms with Gasteiger partial charge in [0.2, 0.25) is 0 Å². The molecular weight excluding hydrogens is 276 g/mol. The highest BCUT2D eigenvalue weighted by Crippen LogP contribution is 2.34. The lowest BCUT2D eigenvalue weighted by Gasteiger charge is -2.26. The molecule has 1 fully saturated rings. The van der Waals surface area contributed by atoms with Gasteiger partial charge in [0.15, 0.2) is 0 Å². The Balaban J connectivity index is 1.77. The second kappa shape index (κ2) is 6.01. The van der Waals surface area contributed by atoms with E-state index in [-0.39, 0.29) is 11.5 Å². The maximum Gasteiger partial charge on any atom is 0.119 e. The maximum absolute atomic E-state index is 5.69. The molecule has 1 heterocycles. The zero-order valence-electron chi connectivity index (χ0n) is 13.3. The molecule has 1 aliphatic heterocycles. The molecule has 0 spiro atoms. The zero-order valence-corrected chi connectivity index (χ0v) is 13.3. The van der Waals surface area contributed by atoms with Crippen LogP contribution in [0.2, 0.25) is 0 Å². The van der Waals surface area contributed by atoms with E-state index in [0.717, 1.165) is 18.1 Å². The third-order valence-corrected chi connectivity index (χ3v) is 4.21. The molecule has 2 aromatic carbocycles. The third-order valence-electron chi connectivity index (χ3n) is 4.21. The highest BCUT2D eigenvalue weighted by molar-refractivity contribution is 5.42. The zero-order chi connectivity index (χ0) is 15.6. The average Bonchev–Trinajstić information content (AvgIpc) is 3.38. The van der Waals surface area contributed by atoms with Crippen molar-refractivity contribution in [3.05, 3.63) is 59.7 Å². The molecule has 22 heavy (non-hydrogen) atoms.